The maximum atomic E-state index is 13.0. The Labute approximate surface area is 119 Å². The van der Waals surface area contributed by atoms with Crippen LogP contribution in [0.15, 0.2) is 35.2 Å². The molecule has 0 amide bonds. The van der Waals surface area contributed by atoms with E-state index in [2.05, 4.69) is 0 Å². The first-order valence-electron chi connectivity index (χ1n) is 5.96. The second-order valence-corrected chi connectivity index (χ2v) is 6.72. The topological polar surface area (TPSA) is 74.7 Å². The number of carbonyl (C=O) groups is 1. The van der Waals surface area contributed by atoms with E-state index in [1.807, 2.05) is 0 Å². The summed E-state index contributed by atoms with van der Waals surface area (Å²) in [6, 6.07) is 6.96. The normalized spacial score (nSPS) is 24.1. The summed E-state index contributed by atoms with van der Waals surface area (Å²) in [6.07, 6.45) is -5.81. The second-order valence-electron chi connectivity index (χ2n) is 4.79. The number of hydrogen-bond acceptors (Lipinski definition) is 3. The zero-order chi connectivity index (χ0) is 15.9. The lowest BCUT2D eigenvalue weighted by atomic mass is 9.86. The summed E-state index contributed by atoms with van der Waals surface area (Å²) in [7, 11) is -4.13. The van der Waals surface area contributed by atoms with Gasteiger partial charge in [0.05, 0.1) is 4.90 Å². The van der Waals surface area contributed by atoms with Gasteiger partial charge >= 0.3 is 12.1 Å². The second kappa shape index (κ2) is 4.99. The molecule has 0 spiro atoms. The summed E-state index contributed by atoms with van der Waals surface area (Å²) in [6.45, 7) is -1.59. The quantitative estimate of drug-likeness (QED) is 0.919. The molecule has 5 nitrogen and oxygen atoms in total. The summed E-state index contributed by atoms with van der Waals surface area (Å²) < 4.78 is 64.1. The average Bonchev–Trinajstić information content (AvgIpc) is 2.86. The van der Waals surface area contributed by atoms with Crippen LogP contribution in [-0.4, -0.2) is 43.1 Å². The van der Waals surface area contributed by atoms with E-state index < -0.39 is 47.1 Å². The highest BCUT2D eigenvalue weighted by Gasteiger charge is 2.65. The average molecular weight is 323 g/mol. The Bertz CT molecular complexity index is 644. The number of rotatable bonds is 3. The standard InChI is InChI=1S/C12H12F3NO4S/c13-12(14,15)11(10(17)18)6-7-16(8-11)21(19,20)9-4-2-1-3-5-9/h1-5H,6-8H2,(H,17,18). The lowest BCUT2D eigenvalue weighted by Gasteiger charge is -2.27. The zero-order valence-corrected chi connectivity index (χ0v) is 11.5. The fraction of sp³-hybridized carbons (Fsp3) is 0.417. The number of aliphatic carboxylic acids is 1. The third-order valence-corrected chi connectivity index (χ3v) is 5.43. The minimum absolute atomic E-state index is 0.159. The van der Waals surface area contributed by atoms with E-state index in [1.165, 1.54) is 24.3 Å². The molecule has 116 valence electrons. The monoisotopic (exact) mass is 323 g/mol. The number of sulfonamides is 1. The highest BCUT2D eigenvalue weighted by Crippen LogP contribution is 2.46. The van der Waals surface area contributed by atoms with Crippen molar-refractivity contribution in [2.45, 2.75) is 17.5 Å². The zero-order valence-electron chi connectivity index (χ0n) is 10.7. The number of carboxylic acids is 1. The molecule has 0 radical (unpaired) electrons. The Balaban J connectivity index is 2.37. The third kappa shape index (κ3) is 2.51. The van der Waals surface area contributed by atoms with Gasteiger partial charge in [-0.2, -0.15) is 17.5 Å². The van der Waals surface area contributed by atoms with Gasteiger partial charge < -0.3 is 5.11 Å². The molecule has 1 fully saturated rings. The Morgan fingerprint density at radius 1 is 1.24 bits per heavy atom. The van der Waals surface area contributed by atoms with Crippen LogP contribution >= 0.6 is 0 Å². The first-order valence-corrected chi connectivity index (χ1v) is 7.41. The minimum atomic E-state index is -5.01. The van der Waals surface area contributed by atoms with Gasteiger partial charge in [-0.1, -0.05) is 18.2 Å². The van der Waals surface area contributed by atoms with E-state index in [1.54, 1.807) is 6.07 Å². The maximum absolute atomic E-state index is 13.0. The molecule has 1 saturated heterocycles. The number of halogens is 3. The van der Waals surface area contributed by atoms with E-state index in [9.17, 15) is 26.4 Å². The van der Waals surface area contributed by atoms with Crippen molar-refractivity contribution in [1.82, 2.24) is 4.31 Å². The van der Waals surface area contributed by atoms with E-state index in [0.29, 0.717) is 4.31 Å². The van der Waals surface area contributed by atoms with Crippen molar-refractivity contribution >= 4 is 16.0 Å². The summed E-state index contributed by atoms with van der Waals surface area (Å²) in [4.78, 5) is 10.9. The number of alkyl halides is 3. The van der Waals surface area contributed by atoms with Crippen LogP contribution in [0.25, 0.3) is 0 Å². The number of carboxylic acid groups (broad SMARTS) is 1. The SMILES string of the molecule is O=C(O)C1(C(F)(F)F)CCN(S(=O)(=O)c2ccccc2)C1. The van der Waals surface area contributed by atoms with Gasteiger partial charge in [-0.25, -0.2) is 8.42 Å². The van der Waals surface area contributed by atoms with Crippen molar-refractivity contribution in [2.75, 3.05) is 13.1 Å². The lowest BCUT2D eigenvalue weighted by Crippen LogP contribution is -2.47. The maximum Gasteiger partial charge on any atom is 0.406 e. The number of nitrogens with zero attached hydrogens (tertiary/aromatic N) is 1. The molecular weight excluding hydrogens is 311 g/mol. The van der Waals surface area contributed by atoms with Crippen LogP contribution in [0.2, 0.25) is 0 Å². The molecule has 1 heterocycles. The Hall–Kier alpha value is -1.61. The summed E-state index contributed by atoms with van der Waals surface area (Å²) >= 11 is 0. The molecular formula is C12H12F3NO4S. The molecule has 1 aliphatic heterocycles. The van der Waals surface area contributed by atoms with Gasteiger partial charge in [-0.05, 0) is 18.6 Å². The highest BCUT2D eigenvalue weighted by molar-refractivity contribution is 7.89. The lowest BCUT2D eigenvalue weighted by molar-refractivity contribution is -0.226. The van der Waals surface area contributed by atoms with Gasteiger partial charge in [-0.15, -0.1) is 0 Å². The summed E-state index contributed by atoms with van der Waals surface area (Å²) in [5.41, 5.74) is -3.05. The predicted octanol–water partition coefficient (Wildman–Crippen LogP) is 1.71. The fourth-order valence-electron chi connectivity index (χ4n) is 2.25. The Morgan fingerprint density at radius 2 is 1.81 bits per heavy atom. The molecule has 1 unspecified atom stereocenters. The van der Waals surface area contributed by atoms with Gasteiger partial charge in [0, 0.05) is 13.1 Å². The van der Waals surface area contributed by atoms with Crippen molar-refractivity contribution in [2.24, 2.45) is 5.41 Å². The van der Waals surface area contributed by atoms with Gasteiger partial charge in [0.15, 0.2) is 5.41 Å². The van der Waals surface area contributed by atoms with Crippen LogP contribution < -0.4 is 0 Å². The van der Waals surface area contributed by atoms with Crippen molar-refractivity contribution in [3.05, 3.63) is 30.3 Å². The largest absolute Gasteiger partial charge is 0.481 e. The van der Waals surface area contributed by atoms with E-state index in [4.69, 9.17) is 5.11 Å². The number of hydrogen-bond donors (Lipinski definition) is 1. The smallest absolute Gasteiger partial charge is 0.406 e. The molecule has 0 saturated carbocycles. The summed E-state index contributed by atoms with van der Waals surface area (Å²) in [5.74, 6) is -2.05. The Kier molecular flexibility index (Phi) is 3.75. The molecule has 1 aliphatic rings. The van der Waals surface area contributed by atoms with Crippen molar-refractivity contribution < 1.29 is 31.5 Å². The molecule has 0 bridgehead atoms. The molecule has 2 rings (SSSR count). The van der Waals surface area contributed by atoms with Crippen LogP contribution in [-0.2, 0) is 14.8 Å². The van der Waals surface area contributed by atoms with Crippen molar-refractivity contribution in [3.63, 3.8) is 0 Å². The molecule has 9 heteroatoms. The van der Waals surface area contributed by atoms with Crippen LogP contribution in [0, 0.1) is 5.41 Å². The van der Waals surface area contributed by atoms with E-state index in [-0.39, 0.29) is 4.90 Å². The van der Waals surface area contributed by atoms with Gasteiger partial charge in [0.1, 0.15) is 0 Å². The molecule has 1 aromatic rings. The molecule has 1 aromatic carbocycles. The summed E-state index contributed by atoms with van der Waals surface area (Å²) in [5, 5.41) is 8.91. The third-order valence-electron chi connectivity index (χ3n) is 3.57. The molecule has 1 N–H and O–H groups in total. The molecule has 1 atom stereocenters. The Morgan fingerprint density at radius 3 is 2.24 bits per heavy atom. The predicted molar refractivity (Wildman–Crippen MR) is 65.9 cm³/mol. The highest BCUT2D eigenvalue weighted by atomic mass is 32.2. The van der Waals surface area contributed by atoms with Crippen molar-refractivity contribution in [3.8, 4) is 0 Å². The van der Waals surface area contributed by atoms with Crippen LogP contribution in [0.5, 0.6) is 0 Å². The van der Waals surface area contributed by atoms with Gasteiger partial charge in [0.25, 0.3) is 0 Å². The van der Waals surface area contributed by atoms with Crippen LogP contribution in [0.3, 0.4) is 0 Å². The van der Waals surface area contributed by atoms with Crippen molar-refractivity contribution in [1.29, 1.82) is 0 Å². The van der Waals surface area contributed by atoms with E-state index >= 15 is 0 Å². The van der Waals surface area contributed by atoms with Gasteiger partial charge in [0.2, 0.25) is 10.0 Å². The van der Waals surface area contributed by atoms with Crippen LogP contribution in [0.1, 0.15) is 6.42 Å². The van der Waals surface area contributed by atoms with Gasteiger partial charge in [-0.3, -0.25) is 4.79 Å². The fourth-order valence-corrected chi connectivity index (χ4v) is 3.77. The molecule has 0 aliphatic carbocycles. The van der Waals surface area contributed by atoms with Crippen LogP contribution in [0.4, 0.5) is 13.2 Å². The first-order chi connectivity index (χ1) is 9.61. The minimum Gasteiger partial charge on any atom is -0.481 e. The van der Waals surface area contributed by atoms with E-state index in [0.717, 1.165) is 0 Å². The molecule has 21 heavy (non-hydrogen) atoms. The number of benzene rings is 1. The first kappa shape index (κ1) is 15.8. The molecule has 0 aromatic heterocycles.